The van der Waals surface area contributed by atoms with Crippen LogP contribution in [-0.4, -0.2) is 19.0 Å². The second-order valence-corrected chi connectivity index (χ2v) is 5.53. The highest BCUT2D eigenvalue weighted by atomic mass is 16.2. The van der Waals surface area contributed by atoms with Gasteiger partial charge in [0.25, 0.3) is 0 Å². The smallest absolute Gasteiger partial charge is 0.229 e. The van der Waals surface area contributed by atoms with Crippen LogP contribution in [0.2, 0.25) is 0 Å². The Kier molecular flexibility index (Phi) is 4.59. The van der Waals surface area contributed by atoms with Crippen molar-refractivity contribution in [2.24, 2.45) is 11.7 Å². The molecule has 0 spiro atoms. The Balaban J connectivity index is 2.01. The first-order valence-corrected chi connectivity index (χ1v) is 7.24. The van der Waals surface area contributed by atoms with Crippen LogP contribution in [0.15, 0.2) is 24.3 Å². The SMILES string of the molecule is CCc1ccc(N(C)C(=O)C2CCC(N)CC2)cc1. The summed E-state index contributed by atoms with van der Waals surface area (Å²) in [6, 6.07) is 8.54. The average molecular weight is 260 g/mol. The largest absolute Gasteiger partial charge is 0.328 e. The predicted molar refractivity (Wildman–Crippen MR) is 79.2 cm³/mol. The lowest BCUT2D eigenvalue weighted by Gasteiger charge is -2.29. The second-order valence-electron chi connectivity index (χ2n) is 5.53. The van der Waals surface area contributed by atoms with Gasteiger partial charge < -0.3 is 10.6 Å². The topological polar surface area (TPSA) is 46.3 Å². The molecule has 0 aromatic heterocycles. The lowest BCUT2D eigenvalue weighted by Crippen LogP contribution is -2.37. The van der Waals surface area contributed by atoms with Crippen LogP contribution in [0.25, 0.3) is 0 Å². The van der Waals surface area contributed by atoms with Gasteiger partial charge in [0.05, 0.1) is 0 Å². The van der Waals surface area contributed by atoms with E-state index in [1.54, 1.807) is 4.90 Å². The maximum atomic E-state index is 12.4. The zero-order valence-electron chi connectivity index (χ0n) is 11.9. The summed E-state index contributed by atoms with van der Waals surface area (Å²) in [5.41, 5.74) is 8.17. The molecule has 0 radical (unpaired) electrons. The molecule has 1 aromatic carbocycles. The van der Waals surface area contributed by atoms with Crippen molar-refractivity contribution in [3.05, 3.63) is 29.8 Å². The van der Waals surface area contributed by atoms with E-state index in [1.807, 2.05) is 19.2 Å². The molecule has 2 N–H and O–H groups in total. The van der Waals surface area contributed by atoms with E-state index in [0.29, 0.717) is 0 Å². The van der Waals surface area contributed by atoms with Gasteiger partial charge in [-0.25, -0.2) is 0 Å². The number of carbonyl (C=O) groups is 1. The first-order chi connectivity index (χ1) is 9.11. The quantitative estimate of drug-likeness (QED) is 0.908. The predicted octanol–water partition coefficient (Wildman–Crippen LogP) is 2.73. The van der Waals surface area contributed by atoms with Crippen molar-refractivity contribution < 1.29 is 4.79 Å². The monoisotopic (exact) mass is 260 g/mol. The summed E-state index contributed by atoms with van der Waals surface area (Å²) in [7, 11) is 1.87. The number of nitrogens with two attached hydrogens (primary N) is 1. The van der Waals surface area contributed by atoms with E-state index < -0.39 is 0 Å². The Morgan fingerprint density at radius 2 is 1.79 bits per heavy atom. The van der Waals surface area contributed by atoms with E-state index >= 15 is 0 Å². The molecule has 1 aliphatic rings. The molecule has 1 fully saturated rings. The molecular weight excluding hydrogens is 236 g/mol. The molecule has 0 bridgehead atoms. The van der Waals surface area contributed by atoms with E-state index in [1.165, 1.54) is 5.56 Å². The second kappa shape index (κ2) is 6.20. The number of rotatable bonds is 3. The van der Waals surface area contributed by atoms with Crippen molar-refractivity contribution in [2.75, 3.05) is 11.9 Å². The van der Waals surface area contributed by atoms with Crippen LogP contribution < -0.4 is 10.6 Å². The van der Waals surface area contributed by atoms with E-state index in [4.69, 9.17) is 5.73 Å². The zero-order valence-corrected chi connectivity index (χ0v) is 11.9. The molecule has 1 aromatic rings. The van der Waals surface area contributed by atoms with Crippen LogP contribution in [-0.2, 0) is 11.2 Å². The Morgan fingerprint density at radius 3 is 2.32 bits per heavy atom. The lowest BCUT2D eigenvalue weighted by molar-refractivity contribution is -0.123. The third-order valence-electron chi connectivity index (χ3n) is 4.18. The molecule has 0 unspecified atom stereocenters. The number of aryl methyl sites for hydroxylation is 1. The van der Waals surface area contributed by atoms with Crippen molar-refractivity contribution in [3.8, 4) is 0 Å². The minimum Gasteiger partial charge on any atom is -0.328 e. The molecule has 1 aliphatic carbocycles. The number of benzene rings is 1. The van der Waals surface area contributed by atoms with Crippen molar-refractivity contribution in [1.29, 1.82) is 0 Å². The van der Waals surface area contributed by atoms with Gasteiger partial charge >= 0.3 is 0 Å². The number of hydrogen-bond acceptors (Lipinski definition) is 2. The summed E-state index contributed by atoms with van der Waals surface area (Å²) in [6.07, 6.45) is 4.82. The standard InChI is InChI=1S/C16H24N2O/c1-3-12-4-10-15(11-5-12)18(2)16(19)13-6-8-14(17)9-7-13/h4-5,10-11,13-14H,3,6-9,17H2,1-2H3. The molecule has 19 heavy (non-hydrogen) atoms. The minimum absolute atomic E-state index is 0.149. The number of anilines is 1. The fraction of sp³-hybridized carbons (Fsp3) is 0.562. The highest BCUT2D eigenvalue weighted by Crippen LogP contribution is 2.26. The highest BCUT2D eigenvalue weighted by molar-refractivity contribution is 5.94. The van der Waals surface area contributed by atoms with Gasteiger partial charge in [-0.15, -0.1) is 0 Å². The number of nitrogens with zero attached hydrogens (tertiary/aromatic N) is 1. The normalized spacial score (nSPS) is 23.1. The zero-order chi connectivity index (χ0) is 13.8. The van der Waals surface area contributed by atoms with Gasteiger partial charge in [0.1, 0.15) is 0 Å². The third kappa shape index (κ3) is 3.35. The molecule has 3 heteroatoms. The maximum absolute atomic E-state index is 12.4. The molecule has 0 atom stereocenters. The van der Waals surface area contributed by atoms with Crippen molar-refractivity contribution >= 4 is 11.6 Å². The van der Waals surface area contributed by atoms with Crippen LogP contribution in [0.3, 0.4) is 0 Å². The number of carbonyl (C=O) groups excluding carboxylic acids is 1. The Bertz CT molecular complexity index is 419. The fourth-order valence-corrected chi connectivity index (χ4v) is 2.72. The van der Waals surface area contributed by atoms with Crippen molar-refractivity contribution in [1.82, 2.24) is 0 Å². The van der Waals surface area contributed by atoms with Crippen LogP contribution >= 0.6 is 0 Å². The molecule has 3 nitrogen and oxygen atoms in total. The molecule has 2 rings (SSSR count). The molecule has 0 heterocycles. The van der Waals surface area contributed by atoms with Crippen LogP contribution in [0.1, 0.15) is 38.2 Å². The van der Waals surface area contributed by atoms with E-state index in [2.05, 4.69) is 19.1 Å². The van der Waals surface area contributed by atoms with Crippen LogP contribution in [0, 0.1) is 5.92 Å². The average Bonchev–Trinajstić information content (AvgIpc) is 2.46. The Labute approximate surface area is 115 Å². The minimum atomic E-state index is 0.149. The van der Waals surface area contributed by atoms with Crippen LogP contribution in [0.5, 0.6) is 0 Å². The molecule has 1 amide bonds. The van der Waals surface area contributed by atoms with Gasteiger partial charge in [-0.1, -0.05) is 19.1 Å². The molecular formula is C16H24N2O. The summed E-state index contributed by atoms with van der Waals surface area (Å²) in [6.45, 7) is 2.13. The van der Waals surface area contributed by atoms with E-state index in [9.17, 15) is 4.79 Å². The number of amides is 1. The van der Waals surface area contributed by atoms with Crippen molar-refractivity contribution in [2.45, 2.75) is 45.1 Å². The maximum Gasteiger partial charge on any atom is 0.229 e. The Hall–Kier alpha value is -1.35. The van der Waals surface area contributed by atoms with Gasteiger partial charge in [0.15, 0.2) is 0 Å². The van der Waals surface area contributed by atoms with Gasteiger partial charge in [-0.2, -0.15) is 0 Å². The summed E-state index contributed by atoms with van der Waals surface area (Å²) in [4.78, 5) is 14.2. The summed E-state index contributed by atoms with van der Waals surface area (Å²) in [5, 5.41) is 0. The van der Waals surface area contributed by atoms with Crippen molar-refractivity contribution in [3.63, 3.8) is 0 Å². The Morgan fingerprint density at radius 1 is 1.21 bits per heavy atom. The van der Waals surface area contributed by atoms with Gasteiger partial charge in [0, 0.05) is 24.7 Å². The first-order valence-electron chi connectivity index (χ1n) is 7.24. The molecule has 0 saturated heterocycles. The summed E-state index contributed by atoms with van der Waals surface area (Å²) < 4.78 is 0. The summed E-state index contributed by atoms with van der Waals surface area (Å²) >= 11 is 0. The van der Waals surface area contributed by atoms with Gasteiger partial charge in [-0.05, 0) is 49.8 Å². The summed E-state index contributed by atoms with van der Waals surface area (Å²) in [5.74, 6) is 0.381. The van der Waals surface area contributed by atoms with Gasteiger partial charge in [-0.3, -0.25) is 4.79 Å². The first kappa shape index (κ1) is 14.1. The fourth-order valence-electron chi connectivity index (χ4n) is 2.72. The van der Waals surface area contributed by atoms with Crippen LogP contribution in [0.4, 0.5) is 5.69 Å². The van der Waals surface area contributed by atoms with E-state index in [0.717, 1.165) is 37.8 Å². The highest BCUT2D eigenvalue weighted by Gasteiger charge is 2.27. The third-order valence-corrected chi connectivity index (χ3v) is 4.18. The number of hydrogen-bond donors (Lipinski definition) is 1. The molecule has 104 valence electrons. The van der Waals surface area contributed by atoms with E-state index in [-0.39, 0.29) is 17.9 Å². The molecule has 1 saturated carbocycles. The lowest BCUT2D eigenvalue weighted by atomic mass is 9.85. The van der Waals surface area contributed by atoms with Gasteiger partial charge in [0.2, 0.25) is 5.91 Å². The molecule has 0 aliphatic heterocycles.